The highest BCUT2D eigenvalue weighted by Crippen LogP contribution is 2.44. The first-order valence-corrected chi connectivity index (χ1v) is 11.4. The number of aliphatic hydroxyl groups is 1. The third-order valence-corrected chi connectivity index (χ3v) is 6.96. The number of carbonyl (C=O) groups is 4. The number of β-lactam (4-membered cyclic amide) rings is 1. The number of ether oxygens (including phenoxy) is 2. The summed E-state index contributed by atoms with van der Waals surface area (Å²) in [6, 6.07) is -0.439. The van der Waals surface area contributed by atoms with Gasteiger partial charge in [-0.05, 0) is 39.7 Å². The van der Waals surface area contributed by atoms with Crippen LogP contribution in [0.25, 0.3) is 0 Å². The second kappa shape index (κ2) is 9.47. The van der Waals surface area contributed by atoms with E-state index < -0.39 is 70.1 Å². The van der Waals surface area contributed by atoms with Gasteiger partial charge in [-0.25, -0.2) is 4.79 Å². The van der Waals surface area contributed by atoms with Crippen molar-refractivity contribution in [3.05, 3.63) is 11.3 Å². The second-order valence-electron chi connectivity index (χ2n) is 8.94. The Morgan fingerprint density at radius 3 is 2.39 bits per heavy atom. The van der Waals surface area contributed by atoms with Crippen LogP contribution in [-0.4, -0.2) is 67.9 Å². The number of rotatable bonds is 9. The molecule has 0 aliphatic carbocycles. The lowest BCUT2D eigenvalue weighted by molar-refractivity contribution is -0.175. The van der Waals surface area contributed by atoms with Crippen LogP contribution in [0, 0.1) is 11.3 Å². The molecule has 0 bridgehead atoms. The van der Waals surface area contributed by atoms with Crippen molar-refractivity contribution >= 4 is 34.6 Å². The summed E-state index contributed by atoms with van der Waals surface area (Å²) in [7, 11) is -1.52. The summed E-state index contributed by atoms with van der Waals surface area (Å²) in [5, 5.41) is 9.36. The SMILES string of the molecule is CC(O)C1C(=O)N2C(C(=O)OCOC(=O)C(C)(C)C)=C(CS(=O)C(C)CC(N)=O)CC12. The molecule has 0 saturated carbocycles. The van der Waals surface area contributed by atoms with Crippen molar-refractivity contribution in [2.75, 3.05) is 12.5 Å². The molecule has 1 fully saturated rings. The Bertz CT molecular complexity index is 830. The molecule has 2 heterocycles. The van der Waals surface area contributed by atoms with Crippen LogP contribution in [0.4, 0.5) is 0 Å². The van der Waals surface area contributed by atoms with Gasteiger partial charge >= 0.3 is 11.9 Å². The molecule has 3 N–H and O–H groups in total. The number of amides is 2. The van der Waals surface area contributed by atoms with E-state index in [1.54, 1.807) is 27.7 Å². The van der Waals surface area contributed by atoms with Gasteiger partial charge in [-0.2, -0.15) is 0 Å². The van der Waals surface area contributed by atoms with Gasteiger partial charge in [0.2, 0.25) is 18.6 Å². The topological polar surface area (TPSA) is 153 Å². The first-order valence-electron chi connectivity index (χ1n) is 9.98. The predicted octanol–water partition coefficient (Wildman–Crippen LogP) is -0.0454. The van der Waals surface area contributed by atoms with E-state index in [-0.39, 0.29) is 24.3 Å². The Hall–Kier alpha value is -2.27. The molecular weight excluding hydrogens is 428 g/mol. The molecule has 2 aliphatic rings. The molecule has 0 aromatic heterocycles. The minimum Gasteiger partial charge on any atom is -0.427 e. The number of nitrogens with two attached hydrogens (primary N) is 1. The van der Waals surface area contributed by atoms with E-state index in [1.807, 2.05) is 0 Å². The molecule has 174 valence electrons. The lowest BCUT2D eigenvalue weighted by atomic mass is 9.83. The zero-order chi connectivity index (χ0) is 23.7. The fraction of sp³-hybridized carbons (Fsp3) is 0.700. The maximum atomic E-state index is 12.7. The number of esters is 2. The van der Waals surface area contributed by atoms with E-state index in [0.29, 0.717) is 5.57 Å². The van der Waals surface area contributed by atoms with Gasteiger partial charge in [0.05, 0.1) is 23.5 Å². The molecular formula is C20H30N2O8S. The molecule has 0 radical (unpaired) electrons. The number of nitrogens with zero attached hydrogens (tertiary/aromatic N) is 1. The third kappa shape index (κ3) is 5.51. The summed E-state index contributed by atoms with van der Waals surface area (Å²) >= 11 is 0. The summed E-state index contributed by atoms with van der Waals surface area (Å²) in [6.07, 6.45) is -0.731. The van der Waals surface area contributed by atoms with Crippen LogP contribution in [0.5, 0.6) is 0 Å². The van der Waals surface area contributed by atoms with Crippen LogP contribution in [-0.2, 0) is 39.5 Å². The van der Waals surface area contributed by atoms with Crippen molar-refractivity contribution in [1.29, 1.82) is 0 Å². The van der Waals surface area contributed by atoms with E-state index in [4.69, 9.17) is 15.2 Å². The van der Waals surface area contributed by atoms with E-state index >= 15 is 0 Å². The van der Waals surface area contributed by atoms with E-state index in [2.05, 4.69) is 0 Å². The molecule has 2 rings (SSSR count). The van der Waals surface area contributed by atoms with E-state index in [0.717, 1.165) is 0 Å². The number of carbonyl (C=O) groups excluding carboxylic acids is 4. The number of aliphatic hydroxyl groups excluding tert-OH is 1. The quantitative estimate of drug-likeness (QED) is 0.277. The second-order valence-corrected chi connectivity index (χ2v) is 10.8. The largest absolute Gasteiger partial charge is 0.427 e. The van der Waals surface area contributed by atoms with Crippen molar-refractivity contribution in [2.45, 2.75) is 64.9 Å². The van der Waals surface area contributed by atoms with Crippen LogP contribution in [0.2, 0.25) is 0 Å². The minimum atomic E-state index is -1.52. The molecule has 2 amide bonds. The molecule has 2 aliphatic heterocycles. The van der Waals surface area contributed by atoms with Crippen LogP contribution in [0.15, 0.2) is 11.3 Å². The zero-order valence-corrected chi connectivity index (χ0v) is 19.2. The minimum absolute atomic E-state index is 0.0432. The highest BCUT2D eigenvalue weighted by atomic mass is 32.2. The highest BCUT2D eigenvalue weighted by Gasteiger charge is 2.57. The molecule has 1 saturated heterocycles. The van der Waals surface area contributed by atoms with Gasteiger partial charge in [-0.15, -0.1) is 0 Å². The fourth-order valence-corrected chi connectivity index (χ4v) is 4.82. The average Bonchev–Trinajstić information content (AvgIpc) is 2.93. The Morgan fingerprint density at radius 2 is 1.87 bits per heavy atom. The van der Waals surface area contributed by atoms with Crippen LogP contribution >= 0.6 is 0 Å². The Kier molecular flexibility index (Phi) is 7.64. The summed E-state index contributed by atoms with van der Waals surface area (Å²) in [5.74, 6) is -3.17. The third-order valence-electron chi connectivity index (χ3n) is 5.26. The smallest absolute Gasteiger partial charge is 0.357 e. The maximum Gasteiger partial charge on any atom is 0.357 e. The molecule has 31 heavy (non-hydrogen) atoms. The summed E-state index contributed by atoms with van der Waals surface area (Å²) in [6.45, 7) is 7.43. The molecule has 5 atom stereocenters. The van der Waals surface area contributed by atoms with Crippen molar-refractivity contribution in [3.63, 3.8) is 0 Å². The van der Waals surface area contributed by atoms with Gasteiger partial charge in [0.1, 0.15) is 5.70 Å². The van der Waals surface area contributed by atoms with E-state index in [1.165, 1.54) is 11.8 Å². The predicted molar refractivity (Wildman–Crippen MR) is 110 cm³/mol. The average molecular weight is 459 g/mol. The molecule has 0 aromatic carbocycles. The maximum absolute atomic E-state index is 12.7. The molecule has 10 nitrogen and oxygen atoms in total. The highest BCUT2D eigenvalue weighted by molar-refractivity contribution is 7.85. The lowest BCUT2D eigenvalue weighted by Gasteiger charge is -2.44. The van der Waals surface area contributed by atoms with Crippen LogP contribution in [0.3, 0.4) is 0 Å². The monoisotopic (exact) mass is 458 g/mol. The number of fused-ring (bicyclic) bond motifs is 1. The summed E-state index contributed by atoms with van der Waals surface area (Å²) in [5.41, 5.74) is 4.78. The Labute approximate surface area is 183 Å². The first-order chi connectivity index (χ1) is 14.3. The molecule has 11 heteroatoms. The summed E-state index contributed by atoms with van der Waals surface area (Å²) < 4.78 is 22.6. The van der Waals surface area contributed by atoms with Crippen molar-refractivity contribution in [2.24, 2.45) is 17.1 Å². The van der Waals surface area contributed by atoms with Gasteiger partial charge in [0.15, 0.2) is 0 Å². The zero-order valence-electron chi connectivity index (χ0n) is 18.4. The van der Waals surface area contributed by atoms with E-state index in [9.17, 15) is 28.5 Å². The number of hydrogen-bond acceptors (Lipinski definition) is 8. The first kappa shape index (κ1) is 25.0. The van der Waals surface area contributed by atoms with Gasteiger partial charge in [0, 0.05) is 28.2 Å². The summed E-state index contributed by atoms with van der Waals surface area (Å²) in [4.78, 5) is 49.5. The van der Waals surface area contributed by atoms with Crippen molar-refractivity contribution in [3.8, 4) is 0 Å². The molecule has 0 spiro atoms. The Morgan fingerprint density at radius 1 is 1.26 bits per heavy atom. The standard InChI is InChI=1S/C20H30N2O8S/c1-10(6-14(21)24)31(28)8-12-7-13-15(11(2)23)17(25)22(13)16(12)18(26)29-9-30-19(27)20(3,4)5/h10-11,13,15,23H,6-9H2,1-5H3,(H2,21,24). The molecule has 0 aromatic rings. The normalized spacial score (nSPS) is 23.5. The van der Waals surface area contributed by atoms with Crippen LogP contribution in [0.1, 0.15) is 47.5 Å². The Balaban J connectivity index is 2.18. The van der Waals surface area contributed by atoms with Crippen molar-refractivity contribution in [1.82, 2.24) is 4.90 Å². The van der Waals surface area contributed by atoms with Gasteiger partial charge in [-0.1, -0.05) is 6.92 Å². The number of hydrogen-bond donors (Lipinski definition) is 2. The lowest BCUT2D eigenvalue weighted by Crippen LogP contribution is -2.61. The van der Waals surface area contributed by atoms with Crippen molar-refractivity contribution < 1.29 is 38.0 Å². The fourth-order valence-electron chi connectivity index (χ4n) is 3.59. The van der Waals surface area contributed by atoms with Gasteiger partial charge in [-0.3, -0.25) is 18.6 Å². The van der Waals surface area contributed by atoms with Gasteiger partial charge in [0.25, 0.3) is 0 Å². The van der Waals surface area contributed by atoms with Gasteiger partial charge < -0.3 is 25.2 Å². The molecule has 5 unspecified atom stereocenters. The van der Waals surface area contributed by atoms with Crippen LogP contribution < -0.4 is 5.73 Å². The number of primary amides is 1.